The van der Waals surface area contributed by atoms with E-state index in [1.54, 1.807) is 49.4 Å². The van der Waals surface area contributed by atoms with Crippen LogP contribution in [0.2, 0.25) is 0 Å². The van der Waals surface area contributed by atoms with E-state index in [1.807, 2.05) is 4.90 Å². The summed E-state index contributed by atoms with van der Waals surface area (Å²) in [7, 11) is 0. The monoisotopic (exact) mass is 549 g/mol. The maximum atomic E-state index is 13.0. The molecule has 0 bridgehead atoms. The minimum Gasteiger partial charge on any atom is -0.491 e. The first-order valence-corrected chi connectivity index (χ1v) is 13.5. The van der Waals surface area contributed by atoms with E-state index in [1.165, 1.54) is 13.8 Å². The number of hydrogen-bond donors (Lipinski definition) is 4. The summed E-state index contributed by atoms with van der Waals surface area (Å²) < 4.78 is 12.1. The molecule has 2 aromatic rings. The highest BCUT2D eigenvalue weighted by molar-refractivity contribution is 5.95. The molecule has 0 radical (unpaired) electrons. The van der Waals surface area contributed by atoms with Gasteiger partial charge in [-0.15, -0.1) is 0 Å². The lowest BCUT2D eigenvalue weighted by atomic mass is 10.0. The van der Waals surface area contributed by atoms with E-state index < -0.39 is 6.04 Å². The number of carbonyl (C=O) groups is 3. The molecule has 1 amide bonds. The molecule has 214 valence electrons. The van der Waals surface area contributed by atoms with Crippen molar-refractivity contribution >= 4 is 29.1 Å². The van der Waals surface area contributed by atoms with Crippen molar-refractivity contribution in [2.24, 2.45) is 5.73 Å². The lowest BCUT2D eigenvalue weighted by Gasteiger charge is -2.32. The van der Waals surface area contributed by atoms with Gasteiger partial charge in [0.05, 0.1) is 11.9 Å². The van der Waals surface area contributed by atoms with E-state index in [0.29, 0.717) is 41.3 Å². The minimum absolute atomic E-state index is 0.0227. The number of likely N-dealkylation sites (tertiary alicyclic amines) is 1. The van der Waals surface area contributed by atoms with Crippen LogP contribution in [0.5, 0.6) is 11.5 Å². The Bertz CT molecular complexity index is 1240. The normalized spacial score (nSPS) is 14.2. The summed E-state index contributed by atoms with van der Waals surface area (Å²) >= 11 is 0. The molecule has 1 aliphatic heterocycles. The summed E-state index contributed by atoms with van der Waals surface area (Å²) in [6.45, 7) is 6.36. The number of nitrogens with two attached hydrogens (primary N) is 1. The summed E-state index contributed by atoms with van der Waals surface area (Å²) in [5.74, 6) is 1.19. The fourth-order valence-electron chi connectivity index (χ4n) is 4.52. The average Bonchev–Trinajstić information content (AvgIpc) is 2.91. The molecule has 0 aromatic heterocycles. The molecule has 1 fully saturated rings. The fraction of sp³-hybridized carbons (Fsp3) is 0.433. The van der Waals surface area contributed by atoms with Crippen molar-refractivity contribution in [1.82, 2.24) is 10.2 Å². The number of nitrogens with zero attached hydrogens (tertiary/aromatic N) is 1. The molecule has 5 N–H and O–H groups in total. The van der Waals surface area contributed by atoms with Crippen molar-refractivity contribution in [3.05, 3.63) is 59.2 Å². The van der Waals surface area contributed by atoms with Gasteiger partial charge in [0.1, 0.15) is 41.6 Å². The zero-order chi connectivity index (χ0) is 29.2. The van der Waals surface area contributed by atoms with Gasteiger partial charge in [-0.25, -0.2) is 0 Å². The Labute approximate surface area is 235 Å². The van der Waals surface area contributed by atoms with Crippen LogP contribution in [0, 0.1) is 10.8 Å². The highest BCUT2D eigenvalue weighted by atomic mass is 16.5. The van der Waals surface area contributed by atoms with Crippen LogP contribution in [0.15, 0.2) is 42.5 Å². The summed E-state index contributed by atoms with van der Waals surface area (Å²) in [5, 5.41) is 18.4. The van der Waals surface area contributed by atoms with Crippen LogP contribution in [0.25, 0.3) is 0 Å². The maximum Gasteiger partial charge on any atom is 0.251 e. The predicted octanol–water partition coefficient (Wildman–Crippen LogP) is 3.49. The van der Waals surface area contributed by atoms with E-state index in [0.717, 1.165) is 31.5 Å². The largest absolute Gasteiger partial charge is 0.491 e. The molecule has 2 aromatic carbocycles. The summed E-state index contributed by atoms with van der Waals surface area (Å²) in [4.78, 5) is 38.5. The molecule has 1 heterocycles. The minimum atomic E-state index is -0.593. The van der Waals surface area contributed by atoms with Crippen molar-refractivity contribution in [1.29, 1.82) is 10.8 Å². The number of benzene rings is 2. The second kappa shape index (κ2) is 14.3. The number of ketones is 2. The molecule has 1 aliphatic rings. The number of aryl methyl sites for hydroxylation is 1. The Hall–Kier alpha value is -4.21. The predicted molar refractivity (Wildman–Crippen MR) is 154 cm³/mol. The average molecular weight is 550 g/mol. The number of Topliss-reactive ketones (excluding diaryl/α,β-unsaturated/α-hetero) is 2. The summed E-state index contributed by atoms with van der Waals surface area (Å²) in [6.07, 6.45) is 2.60. The second-order valence-electron chi connectivity index (χ2n) is 10.2. The van der Waals surface area contributed by atoms with Crippen LogP contribution in [0.1, 0.15) is 67.9 Å². The van der Waals surface area contributed by atoms with Gasteiger partial charge in [0.25, 0.3) is 5.91 Å². The quantitative estimate of drug-likeness (QED) is 0.220. The van der Waals surface area contributed by atoms with Crippen molar-refractivity contribution in [2.75, 3.05) is 19.7 Å². The Morgan fingerprint density at radius 1 is 1.00 bits per heavy atom. The van der Waals surface area contributed by atoms with Gasteiger partial charge < -0.3 is 30.2 Å². The number of carbonyl (C=O) groups excluding carboxylic acids is 3. The number of rotatable bonds is 13. The Balaban J connectivity index is 1.63. The highest BCUT2D eigenvalue weighted by Gasteiger charge is 2.22. The summed E-state index contributed by atoms with van der Waals surface area (Å²) in [5.41, 5.74) is 7.32. The van der Waals surface area contributed by atoms with E-state index in [2.05, 4.69) is 5.32 Å². The molecule has 1 atom stereocenters. The van der Waals surface area contributed by atoms with Gasteiger partial charge in [0.2, 0.25) is 0 Å². The van der Waals surface area contributed by atoms with E-state index in [-0.39, 0.29) is 42.4 Å². The number of hydrogen-bond acceptors (Lipinski definition) is 7. The maximum absolute atomic E-state index is 13.0. The first-order chi connectivity index (χ1) is 19.0. The van der Waals surface area contributed by atoms with E-state index in [9.17, 15) is 14.4 Å². The molecule has 0 unspecified atom stereocenters. The van der Waals surface area contributed by atoms with Crippen LogP contribution in [-0.4, -0.2) is 65.9 Å². The Kier molecular flexibility index (Phi) is 10.8. The number of nitrogen functional groups attached to an aromatic ring is 1. The Morgan fingerprint density at radius 3 is 2.23 bits per heavy atom. The third kappa shape index (κ3) is 9.21. The molecular weight excluding hydrogens is 510 g/mol. The Morgan fingerprint density at radius 2 is 1.65 bits per heavy atom. The first kappa shape index (κ1) is 30.3. The van der Waals surface area contributed by atoms with E-state index in [4.69, 9.17) is 26.0 Å². The van der Waals surface area contributed by atoms with Crippen LogP contribution in [-0.2, 0) is 16.0 Å². The molecule has 0 aliphatic carbocycles. The van der Waals surface area contributed by atoms with Crippen LogP contribution < -0.4 is 20.5 Å². The lowest BCUT2D eigenvalue weighted by Crippen LogP contribution is -2.40. The molecule has 3 rings (SSSR count). The fourth-order valence-corrected chi connectivity index (χ4v) is 4.52. The third-order valence-corrected chi connectivity index (χ3v) is 6.77. The van der Waals surface area contributed by atoms with Crippen LogP contribution >= 0.6 is 0 Å². The van der Waals surface area contributed by atoms with Gasteiger partial charge in [-0.3, -0.25) is 20.4 Å². The molecule has 1 saturated heterocycles. The van der Waals surface area contributed by atoms with Crippen LogP contribution in [0.4, 0.5) is 0 Å². The number of nitrogens with one attached hydrogen (secondary N) is 3. The van der Waals surface area contributed by atoms with Crippen molar-refractivity contribution < 1.29 is 23.9 Å². The van der Waals surface area contributed by atoms with Gasteiger partial charge in [0.15, 0.2) is 0 Å². The van der Waals surface area contributed by atoms with E-state index >= 15 is 0 Å². The molecule has 0 saturated carbocycles. The van der Waals surface area contributed by atoms with Crippen molar-refractivity contribution in [3.8, 4) is 11.5 Å². The first-order valence-electron chi connectivity index (χ1n) is 13.5. The van der Waals surface area contributed by atoms with Gasteiger partial charge in [-0.05, 0) is 63.1 Å². The number of piperidine rings is 1. The zero-order valence-corrected chi connectivity index (χ0v) is 23.4. The summed E-state index contributed by atoms with van der Waals surface area (Å²) in [6, 6.07) is 11.4. The lowest BCUT2D eigenvalue weighted by molar-refractivity contribution is -0.118. The van der Waals surface area contributed by atoms with Crippen molar-refractivity contribution in [2.45, 2.75) is 65.0 Å². The molecular formula is C30H39N5O5. The second-order valence-corrected chi connectivity index (χ2v) is 10.2. The molecule has 0 spiro atoms. The highest BCUT2D eigenvalue weighted by Crippen LogP contribution is 2.23. The van der Waals surface area contributed by atoms with Gasteiger partial charge >= 0.3 is 0 Å². The molecule has 10 nitrogen and oxygen atoms in total. The number of amides is 1. The topological polar surface area (TPSA) is 159 Å². The molecule has 10 heteroatoms. The van der Waals surface area contributed by atoms with Gasteiger partial charge in [-0.2, -0.15) is 0 Å². The smallest absolute Gasteiger partial charge is 0.251 e. The number of ether oxygens (including phenoxy) is 2. The number of amidine groups is 2. The van der Waals surface area contributed by atoms with Gasteiger partial charge in [-0.1, -0.05) is 12.1 Å². The standard InChI is InChI=1S/C30H39N5O5/c1-19(36)4-5-22-6-7-24(29(32)33)17-28(22)39-18-25(16-20(2)37)34-30(38)23-8-10-26(11-9-23)40-27-12-14-35(15-13-27)21(3)31/h6-11,17,25,27,31H,4-5,12-16,18H2,1-3H3,(H3,32,33)(H,34,38)/t25-/m1/s1. The van der Waals surface area contributed by atoms with Crippen LogP contribution in [0.3, 0.4) is 0 Å². The molecule has 40 heavy (non-hydrogen) atoms. The van der Waals surface area contributed by atoms with Crippen molar-refractivity contribution in [3.63, 3.8) is 0 Å². The van der Waals surface area contributed by atoms with Gasteiger partial charge in [0, 0.05) is 49.9 Å². The third-order valence-electron chi connectivity index (χ3n) is 6.77. The SMILES string of the molecule is CC(=N)N1CCC(Oc2ccc(C(=O)N[C@@H](COc3cc(C(=N)N)ccc3CCC(C)=O)CC(C)=O)cc2)CC1. The zero-order valence-electron chi connectivity index (χ0n) is 23.4.